The van der Waals surface area contributed by atoms with Gasteiger partial charge in [-0.05, 0) is 19.9 Å². The fraction of sp³-hybridized carbons (Fsp3) is 0.929. The van der Waals surface area contributed by atoms with E-state index in [1.165, 1.54) is 0 Å². The molecule has 0 aromatic rings. The SMILES string of the molecule is CN(CC1(O)CCOCC1)CC1(C=O)CCCC1. The number of carbonyl (C=O) groups is 1. The predicted molar refractivity (Wildman–Crippen MR) is 69.5 cm³/mol. The van der Waals surface area contributed by atoms with Crippen LogP contribution in [0.5, 0.6) is 0 Å². The van der Waals surface area contributed by atoms with Crippen molar-refractivity contribution in [2.24, 2.45) is 5.41 Å². The van der Waals surface area contributed by atoms with Crippen molar-refractivity contribution in [3.05, 3.63) is 0 Å². The Morgan fingerprint density at radius 1 is 1.17 bits per heavy atom. The van der Waals surface area contributed by atoms with Gasteiger partial charge in [0.15, 0.2) is 0 Å². The Kier molecular flexibility index (Phi) is 4.41. The van der Waals surface area contributed by atoms with Crippen molar-refractivity contribution in [1.29, 1.82) is 0 Å². The average molecular weight is 255 g/mol. The number of nitrogens with zero attached hydrogens (tertiary/aromatic N) is 1. The third-order valence-corrected chi connectivity index (χ3v) is 4.42. The van der Waals surface area contributed by atoms with E-state index in [1.54, 1.807) is 0 Å². The van der Waals surface area contributed by atoms with Gasteiger partial charge in [-0.15, -0.1) is 0 Å². The molecule has 0 aromatic heterocycles. The Balaban J connectivity index is 1.87. The Hall–Kier alpha value is -0.450. The Morgan fingerprint density at radius 2 is 1.78 bits per heavy atom. The molecule has 1 saturated heterocycles. The molecule has 2 fully saturated rings. The highest BCUT2D eigenvalue weighted by atomic mass is 16.5. The topological polar surface area (TPSA) is 49.8 Å². The lowest BCUT2D eigenvalue weighted by Gasteiger charge is -2.37. The van der Waals surface area contributed by atoms with Crippen molar-refractivity contribution in [1.82, 2.24) is 4.90 Å². The van der Waals surface area contributed by atoms with Crippen molar-refractivity contribution in [2.75, 3.05) is 33.4 Å². The summed E-state index contributed by atoms with van der Waals surface area (Å²) in [7, 11) is 2.01. The quantitative estimate of drug-likeness (QED) is 0.750. The minimum Gasteiger partial charge on any atom is -0.388 e. The molecule has 104 valence electrons. The van der Waals surface area contributed by atoms with Crippen LogP contribution in [-0.4, -0.2) is 55.2 Å². The number of hydrogen-bond donors (Lipinski definition) is 1. The maximum Gasteiger partial charge on any atom is 0.127 e. The van der Waals surface area contributed by atoms with Gasteiger partial charge in [0.25, 0.3) is 0 Å². The molecule has 0 bridgehead atoms. The molecule has 1 aliphatic carbocycles. The van der Waals surface area contributed by atoms with Gasteiger partial charge in [-0.1, -0.05) is 12.8 Å². The lowest BCUT2D eigenvalue weighted by Crippen LogP contribution is -2.48. The number of hydrogen-bond acceptors (Lipinski definition) is 4. The third-order valence-electron chi connectivity index (χ3n) is 4.42. The maximum atomic E-state index is 11.3. The summed E-state index contributed by atoms with van der Waals surface area (Å²) in [5, 5.41) is 10.5. The van der Waals surface area contributed by atoms with E-state index in [1.807, 2.05) is 7.05 Å². The van der Waals surface area contributed by atoms with Crippen LogP contribution >= 0.6 is 0 Å². The van der Waals surface area contributed by atoms with Gasteiger partial charge in [-0.3, -0.25) is 0 Å². The molecule has 1 aliphatic heterocycles. The van der Waals surface area contributed by atoms with E-state index in [9.17, 15) is 9.90 Å². The van der Waals surface area contributed by atoms with Crippen LogP contribution in [0.1, 0.15) is 38.5 Å². The highest BCUT2D eigenvalue weighted by Gasteiger charge is 2.37. The number of rotatable bonds is 5. The van der Waals surface area contributed by atoms with Crippen LogP contribution in [0.3, 0.4) is 0 Å². The van der Waals surface area contributed by atoms with Gasteiger partial charge in [0, 0.05) is 44.6 Å². The molecule has 1 saturated carbocycles. The third kappa shape index (κ3) is 3.31. The number of carbonyl (C=O) groups excluding carboxylic acids is 1. The van der Waals surface area contributed by atoms with E-state index >= 15 is 0 Å². The van der Waals surface area contributed by atoms with Crippen LogP contribution in [0, 0.1) is 5.41 Å². The van der Waals surface area contributed by atoms with Crippen LogP contribution < -0.4 is 0 Å². The highest BCUT2D eigenvalue weighted by molar-refractivity contribution is 5.60. The lowest BCUT2D eigenvalue weighted by molar-refractivity contribution is -0.118. The Morgan fingerprint density at radius 3 is 2.33 bits per heavy atom. The van der Waals surface area contributed by atoms with Crippen LogP contribution in [0.25, 0.3) is 0 Å². The summed E-state index contributed by atoms with van der Waals surface area (Å²) < 4.78 is 5.29. The summed E-state index contributed by atoms with van der Waals surface area (Å²) in [5.74, 6) is 0. The van der Waals surface area contributed by atoms with Gasteiger partial charge in [-0.25, -0.2) is 0 Å². The molecule has 1 heterocycles. The van der Waals surface area contributed by atoms with Gasteiger partial charge >= 0.3 is 0 Å². The average Bonchev–Trinajstić information content (AvgIpc) is 2.78. The molecule has 2 rings (SSSR count). The fourth-order valence-electron chi connectivity index (χ4n) is 3.40. The second-order valence-corrected chi connectivity index (χ2v) is 6.20. The molecule has 0 spiro atoms. The normalized spacial score (nSPS) is 26.4. The molecule has 0 radical (unpaired) electrons. The van der Waals surface area contributed by atoms with Crippen LogP contribution in [0.4, 0.5) is 0 Å². The molecule has 4 heteroatoms. The molecule has 2 aliphatic rings. The first-order valence-corrected chi connectivity index (χ1v) is 7.03. The molecule has 4 nitrogen and oxygen atoms in total. The molecule has 0 atom stereocenters. The van der Waals surface area contributed by atoms with Crippen LogP contribution in [-0.2, 0) is 9.53 Å². The van der Waals surface area contributed by atoms with Crippen LogP contribution in [0.15, 0.2) is 0 Å². The zero-order chi connectivity index (χ0) is 13.1. The van der Waals surface area contributed by atoms with Crippen molar-refractivity contribution < 1.29 is 14.6 Å². The minimum absolute atomic E-state index is 0.156. The molecule has 0 unspecified atom stereocenters. The summed E-state index contributed by atoms with van der Waals surface area (Å²) in [6.07, 6.45) is 6.86. The first-order chi connectivity index (χ1) is 8.58. The standard InChI is InChI=1S/C14H25NO3/c1-15(10-13(12-16)4-2-3-5-13)11-14(17)6-8-18-9-7-14/h12,17H,2-11H2,1H3. The fourth-order valence-corrected chi connectivity index (χ4v) is 3.40. The zero-order valence-electron chi connectivity index (χ0n) is 11.4. The van der Waals surface area contributed by atoms with Gasteiger partial charge in [-0.2, -0.15) is 0 Å². The van der Waals surface area contributed by atoms with E-state index in [4.69, 9.17) is 4.74 Å². The van der Waals surface area contributed by atoms with Gasteiger partial charge in [0.1, 0.15) is 6.29 Å². The smallest absolute Gasteiger partial charge is 0.127 e. The number of aldehydes is 1. The zero-order valence-corrected chi connectivity index (χ0v) is 11.4. The molecular weight excluding hydrogens is 230 g/mol. The Bertz CT molecular complexity index is 281. The van der Waals surface area contributed by atoms with Gasteiger partial charge in [0.05, 0.1) is 5.60 Å². The summed E-state index contributed by atoms with van der Waals surface area (Å²) in [6.45, 7) is 2.71. The predicted octanol–water partition coefficient (Wildman–Crippen LogP) is 1.22. The summed E-state index contributed by atoms with van der Waals surface area (Å²) in [6, 6.07) is 0. The number of ether oxygens (including phenoxy) is 1. The second-order valence-electron chi connectivity index (χ2n) is 6.20. The molecule has 0 amide bonds. The summed E-state index contributed by atoms with van der Waals surface area (Å²) in [5.41, 5.74) is -0.786. The highest BCUT2D eigenvalue weighted by Crippen LogP contribution is 2.37. The lowest BCUT2D eigenvalue weighted by atomic mass is 9.86. The van der Waals surface area contributed by atoms with E-state index in [0.717, 1.165) is 38.5 Å². The molecule has 18 heavy (non-hydrogen) atoms. The first kappa shape index (κ1) is 14.0. The van der Waals surface area contributed by atoms with Crippen molar-refractivity contribution >= 4 is 6.29 Å². The molecule has 1 N–H and O–H groups in total. The van der Waals surface area contributed by atoms with E-state index in [2.05, 4.69) is 4.90 Å². The molecule has 0 aromatic carbocycles. The first-order valence-electron chi connectivity index (χ1n) is 7.03. The van der Waals surface area contributed by atoms with Gasteiger partial charge in [0.2, 0.25) is 0 Å². The number of likely N-dealkylation sites (N-methyl/N-ethyl adjacent to an activating group) is 1. The van der Waals surface area contributed by atoms with E-state index in [0.29, 0.717) is 32.6 Å². The Labute approximate surface area is 109 Å². The minimum atomic E-state index is -0.629. The van der Waals surface area contributed by atoms with Crippen LogP contribution in [0.2, 0.25) is 0 Å². The van der Waals surface area contributed by atoms with Gasteiger partial charge < -0.3 is 19.5 Å². The largest absolute Gasteiger partial charge is 0.388 e. The summed E-state index contributed by atoms with van der Waals surface area (Å²) >= 11 is 0. The maximum absolute atomic E-state index is 11.3. The molecular formula is C14H25NO3. The monoisotopic (exact) mass is 255 g/mol. The summed E-state index contributed by atoms with van der Waals surface area (Å²) in [4.78, 5) is 13.5. The van der Waals surface area contributed by atoms with E-state index in [-0.39, 0.29) is 5.41 Å². The van der Waals surface area contributed by atoms with Crippen molar-refractivity contribution in [2.45, 2.75) is 44.1 Å². The van der Waals surface area contributed by atoms with Crippen molar-refractivity contribution in [3.8, 4) is 0 Å². The second kappa shape index (κ2) is 5.68. The van der Waals surface area contributed by atoms with Crippen molar-refractivity contribution in [3.63, 3.8) is 0 Å². The van der Waals surface area contributed by atoms with E-state index < -0.39 is 5.60 Å². The number of aliphatic hydroxyl groups is 1.